The summed E-state index contributed by atoms with van der Waals surface area (Å²) in [6, 6.07) is 4.54. The lowest BCUT2D eigenvalue weighted by molar-refractivity contribution is -0.141. The number of ether oxygens (including phenoxy) is 1. The molecule has 0 N–H and O–H groups in total. The monoisotopic (exact) mass is 252 g/mol. The van der Waals surface area contributed by atoms with E-state index in [1.807, 2.05) is 20.8 Å². The van der Waals surface area contributed by atoms with Gasteiger partial charge in [-0.25, -0.2) is 4.39 Å². The fourth-order valence-electron chi connectivity index (χ4n) is 2.21. The number of hydrogen-bond donors (Lipinski definition) is 0. The van der Waals surface area contributed by atoms with E-state index >= 15 is 0 Å². The molecule has 0 aromatic heterocycles. The molecule has 0 heterocycles. The summed E-state index contributed by atoms with van der Waals surface area (Å²) in [7, 11) is 1.56. The molecular weight excluding hydrogens is 231 g/mol. The minimum absolute atomic E-state index is 0.0173. The lowest BCUT2D eigenvalue weighted by Gasteiger charge is -2.28. The SMILES string of the molecule is CCC(CC)(OC)C(=O)Cc1cc(F)ccc1C. The van der Waals surface area contributed by atoms with Gasteiger partial charge in [0.05, 0.1) is 0 Å². The number of hydrogen-bond acceptors (Lipinski definition) is 2. The van der Waals surface area contributed by atoms with Gasteiger partial charge in [0, 0.05) is 13.5 Å². The van der Waals surface area contributed by atoms with Gasteiger partial charge in [-0.15, -0.1) is 0 Å². The summed E-state index contributed by atoms with van der Waals surface area (Å²) >= 11 is 0. The third-order valence-corrected chi connectivity index (χ3v) is 3.70. The predicted octanol–water partition coefficient (Wildman–Crippen LogP) is 3.45. The Morgan fingerprint density at radius 1 is 1.33 bits per heavy atom. The normalized spacial score (nSPS) is 11.6. The molecule has 0 saturated heterocycles. The lowest BCUT2D eigenvalue weighted by Crippen LogP contribution is -2.40. The number of ketones is 1. The van der Waals surface area contributed by atoms with Crippen LogP contribution in [0, 0.1) is 12.7 Å². The molecule has 1 aromatic carbocycles. The fourth-order valence-corrected chi connectivity index (χ4v) is 2.21. The molecule has 0 saturated carbocycles. The molecule has 100 valence electrons. The first-order valence-corrected chi connectivity index (χ1v) is 6.32. The summed E-state index contributed by atoms with van der Waals surface area (Å²) in [4.78, 5) is 12.3. The van der Waals surface area contributed by atoms with Crippen molar-refractivity contribution in [3.8, 4) is 0 Å². The first-order chi connectivity index (χ1) is 8.49. The maximum Gasteiger partial charge on any atom is 0.168 e. The van der Waals surface area contributed by atoms with Crippen molar-refractivity contribution in [1.29, 1.82) is 0 Å². The highest BCUT2D eigenvalue weighted by molar-refractivity contribution is 5.89. The van der Waals surface area contributed by atoms with E-state index < -0.39 is 5.60 Å². The minimum atomic E-state index is -0.737. The van der Waals surface area contributed by atoms with Crippen molar-refractivity contribution in [2.24, 2.45) is 0 Å². The van der Waals surface area contributed by atoms with E-state index in [0.29, 0.717) is 12.8 Å². The number of halogens is 1. The van der Waals surface area contributed by atoms with Crippen LogP contribution >= 0.6 is 0 Å². The molecule has 18 heavy (non-hydrogen) atoms. The number of Topliss-reactive ketones (excluding diaryl/α,β-unsaturated/α-hetero) is 1. The average Bonchev–Trinajstić information content (AvgIpc) is 2.37. The summed E-state index contributed by atoms with van der Waals surface area (Å²) in [5.41, 5.74) is 0.934. The number of rotatable bonds is 6. The van der Waals surface area contributed by atoms with Crippen LogP contribution in [0.5, 0.6) is 0 Å². The Morgan fingerprint density at radius 3 is 2.44 bits per heavy atom. The zero-order valence-corrected chi connectivity index (χ0v) is 11.5. The summed E-state index contributed by atoms with van der Waals surface area (Å²) in [6.07, 6.45) is 1.49. The second kappa shape index (κ2) is 6.10. The van der Waals surface area contributed by atoms with Crippen molar-refractivity contribution >= 4 is 5.78 Å². The second-order valence-electron chi connectivity index (χ2n) is 4.58. The second-order valence-corrected chi connectivity index (χ2v) is 4.58. The van der Waals surface area contributed by atoms with Gasteiger partial charge in [-0.3, -0.25) is 4.79 Å². The predicted molar refractivity (Wildman–Crippen MR) is 70.2 cm³/mol. The number of methoxy groups -OCH3 is 1. The Kier molecular flexibility index (Phi) is 5.03. The van der Waals surface area contributed by atoms with Crippen LogP contribution in [0.2, 0.25) is 0 Å². The van der Waals surface area contributed by atoms with E-state index in [9.17, 15) is 9.18 Å². The molecule has 0 unspecified atom stereocenters. The van der Waals surface area contributed by atoms with Crippen molar-refractivity contribution in [3.63, 3.8) is 0 Å². The zero-order chi connectivity index (χ0) is 13.8. The van der Waals surface area contributed by atoms with Crippen LogP contribution in [0.1, 0.15) is 37.8 Å². The molecule has 0 aliphatic rings. The highest BCUT2D eigenvalue weighted by Gasteiger charge is 2.34. The van der Waals surface area contributed by atoms with Gasteiger partial charge in [-0.1, -0.05) is 19.9 Å². The van der Waals surface area contributed by atoms with Gasteiger partial charge in [-0.2, -0.15) is 0 Å². The van der Waals surface area contributed by atoms with Crippen LogP contribution in [-0.2, 0) is 16.0 Å². The van der Waals surface area contributed by atoms with E-state index in [-0.39, 0.29) is 18.0 Å². The van der Waals surface area contributed by atoms with Gasteiger partial charge in [0.15, 0.2) is 5.78 Å². The Labute approximate surface area is 108 Å². The van der Waals surface area contributed by atoms with Crippen LogP contribution in [0.15, 0.2) is 18.2 Å². The quantitative estimate of drug-likeness (QED) is 0.775. The van der Waals surface area contributed by atoms with Crippen molar-refractivity contribution in [2.75, 3.05) is 7.11 Å². The minimum Gasteiger partial charge on any atom is -0.370 e. The smallest absolute Gasteiger partial charge is 0.168 e. The Morgan fingerprint density at radius 2 is 1.94 bits per heavy atom. The maximum atomic E-state index is 13.2. The maximum absolute atomic E-state index is 13.2. The van der Waals surface area contributed by atoms with Crippen molar-refractivity contribution in [2.45, 2.75) is 45.6 Å². The lowest BCUT2D eigenvalue weighted by atomic mass is 9.87. The third-order valence-electron chi connectivity index (χ3n) is 3.70. The van der Waals surface area contributed by atoms with E-state index in [1.165, 1.54) is 12.1 Å². The summed E-state index contributed by atoms with van der Waals surface area (Å²) in [6.45, 7) is 5.75. The molecule has 0 amide bonds. The van der Waals surface area contributed by atoms with Gasteiger partial charge >= 0.3 is 0 Å². The molecule has 0 aliphatic carbocycles. The highest BCUT2D eigenvalue weighted by Crippen LogP contribution is 2.24. The van der Waals surface area contributed by atoms with Crippen LogP contribution in [-0.4, -0.2) is 18.5 Å². The number of aryl methyl sites for hydroxylation is 1. The van der Waals surface area contributed by atoms with Gasteiger partial charge < -0.3 is 4.74 Å². The summed E-state index contributed by atoms with van der Waals surface area (Å²) < 4.78 is 18.6. The standard InChI is InChI=1S/C15H21FO2/c1-5-15(6-2,18-4)14(17)10-12-9-13(16)8-7-11(12)3/h7-9H,5-6,10H2,1-4H3. The first kappa shape index (κ1) is 14.8. The number of benzene rings is 1. The molecule has 0 spiro atoms. The Balaban J connectivity index is 2.96. The molecule has 0 aliphatic heterocycles. The van der Waals surface area contributed by atoms with E-state index in [0.717, 1.165) is 11.1 Å². The van der Waals surface area contributed by atoms with Crippen LogP contribution in [0.4, 0.5) is 4.39 Å². The molecule has 3 heteroatoms. The first-order valence-electron chi connectivity index (χ1n) is 6.32. The molecule has 1 aromatic rings. The number of carbonyl (C=O) groups is 1. The molecule has 1 rings (SSSR count). The van der Waals surface area contributed by atoms with E-state index in [1.54, 1.807) is 13.2 Å². The highest BCUT2D eigenvalue weighted by atomic mass is 19.1. The van der Waals surface area contributed by atoms with Crippen molar-refractivity contribution in [3.05, 3.63) is 35.1 Å². The van der Waals surface area contributed by atoms with Crippen LogP contribution in [0.25, 0.3) is 0 Å². The van der Waals surface area contributed by atoms with Gasteiger partial charge in [0.1, 0.15) is 11.4 Å². The summed E-state index contributed by atoms with van der Waals surface area (Å²) in [5, 5.41) is 0. The topological polar surface area (TPSA) is 26.3 Å². The summed E-state index contributed by atoms with van der Waals surface area (Å²) in [5.74, 6) is -0.289. The zero-order valence-electron chi connectivity index (χ0n) is 11.5. The molecular formula is C15H21FO2. The van der Waals surface area contributed by atoms with E-state index in [2.05, 4.69) is 0 Å². The Bertz CT molecular complexity index is 414. The van der Waals surface area contributed by atoms with Gasteiger partial charge in [-0.05, 0) is 43.0 Å². The van der Waals surface area contributed by atoms with Crippen molar-refractivity contribution < 1.29 is 13.9 Å². The molecule has 2 nitrogen and oxygen atoms in total. The molecule has 0 radical (unpaired) electrons. The fraction of sp³-hybridized carbons (Fsp3) is 0.533. The average molecular weight is 252 g/mol. The van der Waals surface area contributed by atoms with Gasteiger partial charge in [0.25, 0.3) is 0 Å². The number of carbonyl (C=O) groups excluding carboxylic acids is 1. The molecule has 0 fully saturated rings. The molecule has 0 atom stereocenters. The van der Waals surface area contributed by atoms with Gasteiger partial charge in [0.2, 0.25) is 0 Å². The van der Waals surface area contributed by atoms with E-state index in [4.69, 9.17) is 4.74 Å². The van der Waals surface area contributed by atoms with Crippen LogP contribution in [0.3, 0.4) is 0 Å². The van der Waals surface area contributed by atoms with Crippen molar-refractivity contribution in [1.82, 2.24) is 0 Å². The third kappa shape index (κ3) is 2.96. The van der Waals surface area contributed by atoms with Crippen LogP contribution < -0.4 is 0 Å². The molecule has 0 bridgehead atoms. The largest absolute Gasteiger partial charge is 0.370 e. The Hall–Kier alpha value is -1.22.